The van der Waals surface area contributed by atoms with Gasteiger partial charge in [0, 0.05) is 34.1 Å². The molecular weight excluding hydrogens is 475 g/mol. The summed E-state index contributed by atoms with van der Waals surface area (Å²) in [5.74, 6) is 1.07. The molecule has 2 aromatic carbocycles. The molecule has 0 saturated heterocycles. The van der Waals surface area contributed by atoms with E-state index in [-0.39, 0.29) is 24.8 Å². The first-order chi connectivity index (χ1) is 16.1. The fraction of sp³-hybridized carbons (Fsp3) is 0.462. The Bertz CT molecular complexity index is 938. The molecule has 0 aliphatic carbocycles. The molecule has 8 heteroatoms. The molecular formula is C26H34Cl2N2O4. The van der Waals surface area contributed by atoms with Crippen molar-refractivity contribution in [3.8, 4) is 11.5 Å². The first-order valence-electron chi connectivity index (χ1n) is 11.4. The molecule has 2 amide bonds. The molecule has 2 rings (SSSR count). The van der Waals surface area contributed by atoms with Crippen molar-refractivity contribution in [2.75, 3.05) is 13.7 Å². The van der Waals surface area contributed by atoms with E-state index in [1.165, 1.54) is 0 Å². The van der Waals surface area contributed by atoms with Crippen molar-refractivity contribution in [3.63, 3.8) is 0 Å². The molecule has 1 N–H and O–H groups in total. The van der Waals surface area contributed by atoms with E-state index >= 15 is 0 Å². The molecule has 34 heavy (non-hydrogen) atoms. The minimum absolute atomic E-state index is 0.146. The highest BCUT2D eigenvalue weighted by molar-refractivity contribution is 6.36. The first-order valence-corrected chi connectivity index (χ1v) is 12.1. The van der Waals surface area contributed by atoms with Gasteiger partial charge in [-0.15, -0.1) is 0 Å². The summed E-state index contributed by atoms with van der Waals surface area (Å²) in [4.78, 5) is 28.0. The fourth-order valence-electron chi connectivity index (χ4n) is 3.46. The number of carbonyl (C=O) groups is 2. The monoisotopic (exact) mass is 508 g/mol. The minimum atomic E-state index is -0.651. The van der Waals surface area contributed by atoms with Crippen LogP contribution in [0.25, 0.3) is 0 Å². The zero-order valence-electron chi connectivity index (χ0n) is 20.5. The SMILES string of the molecule is CC[C@@H](C(=O)NC(C)(C)C)N(Cc1c(Cl)cccc1Cl)C(=O)CCCOc1ccc(OC)cc1. The molecule has 0 heterocycles. The van der Waals surface area contributed by atoms with Gasteiger partial charge in [-0.1, -0.05) is 36.2 Å². The van der Waals surface area contributed by atoms with E-state index in [9.17, 15) is 9.59 Å². The summed E-state index contributed by atoms with van der Waals surface area (Å²) < 4.78 is 10.9. The van der Waals surface area contributed by atoms with Crippen LogP contribution in [0.2, 0.25) is 10.0 Å². The average molecular weight is 509 g/mol. The molecule has 2 aromatic rings. The number of nitrogens with zero attached hydrogens (tertiary/aromatic N) is 1. The van der Waals surface area contributed by atoms with Crippen LogP contribution in [0.4, 0.5) is 0 Å². The van der Waals surface area contributed by atoms with Gasteiger partial charge in [0.1, 0.15) is 17.5 Å². The summed E-state index contributed by atoms with van der Waals surface area (Å²) in [6, 6.07) is 11.8. The Labute approximate surface area is 212 Å². The van der Waals surface area contributed by atoms with Crippen LogP contribution < -0.4 is 14.8 Å². The lowest BCUT2D eigenvalue weighted by Gasteiger charge is -2.33. The highest BCUT2D eigenvalue weighted by Gasteiger charge is 2.31. The number of amides is 2. The first kappa shape index (κ1) is 27.8. The molecule has 1 atom stereocenters. The van der Waals surface area contributed by atoms with E-state index in [1.54, 1.807) is 30.2 Å². The van der Waals surface area contributed by atoms with E-state index in [0.29, 0.717) is 40.8 Å². The van der Waals surface area contributed by atoms with Crippen molar-refractivity contribution >= 4 is 35.0 Å². The molecule has 0 spiro atoms. The Morgan fingerprint density at radius 2 is 1.62 bits per heavy atom. The predicted octanol–water partition coefficient (Wildman–Crippen LogP) is 5.88. The molecule has 0 bridgehead atoms. The van der Waals surface area contributed by atoms with Crippen LogP contribution in [0.15, 0.2) is 42.5 Å². The van der Waals surface area contributed by atoms with Crippen LogP contribution in [-0.4, -0.2) is 42.0 Å². The van der Waals surface area contributed by atoms with E-state index in [0.717, 1.165) is 5.75 Å². The number of benzene rings is 2. The van der Waals surface area contributed by atoms with Crippen molar-refractivity contribution in [1.82, 2.24) is 10.2 Å². The van der Waals surface area contributed by atoms with E-state index < -0.39 is 11.6 Å². The standard InChI is InChI=1S/C26H34Cl2N2O4/c1-6-23(25(32)29-26(2,3)4)30(17-20-21(27)9-7-10-22(20)28)24(31)11-8-16-34-19-14-12-18(33-5)13-15-19/h7,9-10,12-15,23H,6,8,11,16-17H2,1-5H3,(H,29,32)/t23-/m0/s1. The van der Waals surface area contributed by atoms with Gasteiger partial charge in [-0.2, -0.15) is 0 Å². The second-order valence-corrected chi connectivity index (χ2v) is 9.83. The maximum absolute atomic E-state index is 13.3. The molecule has 6 nitrogen and oxygen atoms in total. The maximum atomic E-state index is 13.3. The number of halogens is 2. The van der Waals surface area contributed by atoms with Gasteiger partial charge in [-0.25, -0.2) is 0 Å². The lowest BCUT2D eigenvalue weighted by atomic mass is 10.0. The normalized spacial score (nSPS) is 12.1. The van der Waals surface area contributed by atoms with Crippen molar-refractivity contribution in [1.29, 1.82) is 0 Å². The highest BCUT2D eigenvalue weighted by atomic mass is 35.5. The van der Waals surface area contributed by atoms with E-state index in [1.807, 2.05) is 52.0 Å². The number of methoxy groups -OCH3 is 1. The lowest BCUT2D eigenvalue weighted by Crippen LogP contribution is -2.53. The maximum Gasteiger partial charge on any atom is 0.243 e. The average Bonchev–Trinajstić information content (AvgIpc) is 2.77. The van der Waals surface area contributed by atoms with Gasteiger partial charge in [0.25, 0.3) is 0 Å². The summed E-state index contributed by atoms with van der Waals surface area (Å²) in [7, 11) is 1.61. The molecule has 186 valence electrons. The topological polar surface area (TPSA) is 67.9 Å². The largest absolute Gasteiger partial charge is 0.497 e. The molecule has 0 saturated carbocycles. The summed E-state index contributed by atoms with van der Waals surface area (Å²) >= 11 is 12.8. The van der Waals surface area contributed by atoms with Crippen molar-refractivity contribution in [2.45, 2.75) is 65.1 Å². The van der Waals surface area contributed by atoms with Crippen LogP contribution in [-0.2, 0) is 16.1 Å². The lowest BCUT2D eigenvalue weighted by molar-refractivity contribution is -0.142. The zero-order chi connectivity index (χ0) is 25.3. The van der Waals surface area contributed by atoms with Gasteiger partial charge in [0.05, 0.1) is 13.7 Å². The summed E-state index contributed by atoms with van der Waals surface area (Å²) in [5.41, 5.74) is 0.198. The third-order valence-corrected chi connectivity index (χ3v) is 5.85. The molecule has 0 fully saturated rings. The van der Waals surface area contributed by atoms with Gasteiger partial charge < -0.3 is 19.7 Å². The van der Waals surface area contributed by atoms with E-state index in [4.69, 9.17) is 32.7 Å². The zero-order valence-corrected chi connectivity index (χ0v) is 22.0. The second kappa shape index (κ2) is 12.9. The number of rotatable bonds is 11. The number of carbonyl (C=O) groups excluding carboxylic acids is 2. The van der Waals surface area contributed by atoms with Crippen molar-refractivity contribution in [2.24, 2.45) is 0 Å². The fourth-order valence-corrected chi connectivity index (χ4v) is 3.97. The van der Waals surface area contributed by atoms with Gasteiger partial charge in [0.2, 0.25) is 11.8 Å². The van der Waals surface area contributed by atoms with Crippen LogP contribution in [0.5, 0.6) is 11.5 Å². The third kappa shape index (κ3) is 8.41. The van der Waals surface area contributed by atoms with Gasteiger partial charge in [-0.05, 0) is 70.0 Å². The molecule has 0 aliphatic heterocycles. The Morgan fingerprint density at radius 1 is 1.03 bits per heavy atom. The van der Waals surface area contributed by atoms with Gasteiger partial charge in [-0.3, -0.25) is 9.59 Å². The third-order valence-electron chi connectivity index (χ3n) is 5.14. The summed E-state index contributed by atoms with van der Waals surface area (Å²) in [6.45, 7) is 8.12. The predicted molar refractivity (Wildman–Crippen MR) is 137 cm³/mol. The number of nitrogens with one attached hydrogen (secondary N) is 1. The summed E-state index contributed by atoms with van der Waals surface area (Å²) in [5, 5.41) is 3.90. The van der Waals surface area contributed by atoms with Crippen molar-refractivity contribution in [3.05, 3.63) is 58.1 Å². The number of hydrogen-bond donors (Lipinski definition) is 1. The van der Waals surface area contributed by atoms with Crippen LogP contribution >= 0.6 is 23.2 Å². The molecule has 0 aromatic heterocycles. The Morgan fingerprint density at radius 3 is 2.15 bits per heavy atom. The van der Waals surface area contributed by atoms with Crippen LogP contribution in [0, 0.1) is 0 Å². The summed E-state index contributed by atoms with van der Waals surface area (Å²) in [6.07, 6.45) is 1.17. The smallest absolute Gasteiger partial charge is 0.243 e. The second-order valence-electron chi connectivity index (χ2n) is 9.01. The highest BCUT2D eigenvalue weighted by Crippen LogP contribution is 2.27. The van der Waals surface area contributed by atoms with Gasteiger partial charge in [0.15, 0.2) is 0 Å². The van der Waals surface area contributed by atoms with Crippen molar-refractivity contribution < 1.29 is 19.1 Å². The molecule has 0 radical (unpaired) electrons. The Hall–Kier alpha value is -2.44. The number of ether oxygens (including phenoxy) is 2. The molecule has 0 unspecified atom stereocenters. The van der Waals surface area contributed by atoms with E-state index in [2.05, 4.69) is 5.32 Å². The minimum Gasteiger partial charge on any atom is -0.497 e. The quantitative estimate of drug-likeness (QED) is 0.384. The van der Waals surface area contributed by atoms with Crippen LogP contribution in [0.3, 0.4) is 0 Å². The molecule has 0 aliphatic rings. The van der Waals surface area contributed by atoms with Crippen LogP contribution in [0.1, 0.15) is 52.5 Å². The Kier molecular flexibility index (Phi) is 10.5. The van der Waals surface area contributed by atoms with Gasteiger partial charge >= 0.3 is 0 Å². The Balaban J connectivity index is 2.13. The number of hydrogen-bond acceptors (Lipinski definition) is 4.